The molecule has 0 heterocycles. The van der Waals surface area contributed by atoms with Crippen molar-refractivity contribution in [3.8, 4) is 6.07 Å². The topological polar surface area (TPSA) is 44.1 Å². The molecule has 4 heteroatoms. The van der Waals surface area contributed by atoms with E-state index in [0.717, 1.165) is 18.4 Å². The van der Waals surface area contributed by atoms with Crippen LogP contribution in [-0.4, -0.2) is 39.7 Å². The Hall–Kier alpha value is -1.92. The van der Waals surface area contributed by atoms with Crippen molar-refractivity contribution in [2.24, 2.45) is 5.92 Å². The molecule has 0 amide bonds. The summed E-state index contributed by atoms with van der Waals surface area (Å²) in [6.45, 7) is 0. The van der Waals surface area contributed by atoms with Crippen LogP contribution in [0, 0.1) is 17.2 Å². The third-order valence-corrected chi connectivity index (χ3v) is 8.17. The Balaban J connectivity index is 2.05. The molecule has 0 radical (unpaired) electrons. The van der Waals surface area contributed by atoms with E-state index in [2.05, 4.69) is 18.2 Å². The van der Waals surface area contributed by atoms with Crippen LogP contribution in [0.3, 0.4) is 0 Å². The van der Waals surface area contributed by atoms with Gasteiger partial charge in [0.1, 0.15) is 0 Å². The second kappa shape index (κ2) is 8.18. The Morgan fingerprint density at radius 3 is 2.27 bits per heavy atom. The second-order valence-corrected chi connectivity index (χ2v) is 9.50. The monoisotopic (exact) mass is 412 g/mol. The predicted molar refractivity (Wildman–Crippen MR) is 105 cm³/mol. The third-order valence-electron chi connectivity index (χ3n) is 5.25. The molecular formula is C22H24N2OSe. The number of hydrogen-bond acceptors (Lipinski definition) is 3. The SMILES string of the molecule is CN(C)C(C#N)(c1ccccc1)[C@H]1CCCC(=O)[C@H]1[Se]c1ccccc1. The molecule has 0 bridgehead atoms. The Labute approximate surface area is 162 Å². The van der Waals surface area contributed by atoms with Crippen LogP contribution in [0.15, 0.2) is 60.7 Å². The molecule has 2 aromatic carbocycles. The van der Waals surface area contributed by atoms with Crippen molar-refractivity contribution in [1.29, 1.82) is 5.26 Å². The van der Waals surface area contributed by atoms with Gasteiger partial charge in [-0.2, -0.15) is 0 Å². The van der Waals surface area contributed by atoms with Crippen LogP contribution in [-0.2, 0) is 10.3 Å². The molecule has 0 spiro atoms. The first-order valence-electron chi connectivity index (χ1n) is 8.98. The molecule has 1 fully saturated rings. The van der Waals surface area contributed by atoms with Crippen LogP contribution in [0.2, 0.25) is 4.82 Å². The maximum atomic E-state index is 12.9. The molecule has 26 heavy (non-hydrogen) atoms. The summed E-state index contributed by atoms with van der Waals surface area (Å²) in [4.78, 5) is 14.9. The number of hydrogen-bond donors (Lipinski definition) is 0. The van der Waals surface area contributed by atoms with Crippen molar-refractivity contribution >= 4 is 25.2 Å². The first kappa shape index (κ1) is 18.9. The molecule has 0 saturated heterocycles. The fourth-order valence-electron chi connectivity index (χ4n) is 3.98. The summed E-state index contributed by atoms with van der Waals surface area (Å²) in [6, 6.07) is 22.9. The molecule has 3 nitrogen and oxygen atoms in total. The number of carbonyl (C=O) groups is 1. The Kier molecular flexibility index (Phi) is 5.94. The maximum absolute atomic E-state index is 12.9. The third kappa shape index (κ3) is 3.48. The van der Waals surface area contributed by atoms with E-state index in [0.29, 0.717) is 12.2 Å². The van der Waals surface area contributed by atoms with E-state index >= 15 is 0 Å². The number of carbonyl (C=O) groups excluding carboxylic acids is 1. The Morgan fingerprint density at radius 1 is 1.08 bits per heavy atom. The average molecular weight is 411 g/mol. The first-order chi connectivity index (χ1) is 12.6. The van der Waals surface area contributed by atoms with E-state index in [1.54, 1.807) is 0 Å². The quantitative estimate of drug-likeness (QED) is 0.710. The first-order valence-corrected chi connectivity index (χ1v) is 10.8. The number of nitrogens with zero attached hydrogens (tertiary/aromatic N) is 2. The van der Waals surface area contributed by atoms with Crippen LogP contribution in [0.5, 0.6) is 0 Å². The van der Waals surface area contributed by atoms with Crippen LogP contribution >= 0.6 is 0 Å². The molecule has 134 valence electrons. The summed E-state index contributed by atoms with van der Waals surface area (Å²) >= 11 is 0.0241. The number of Topliss-reactive ketones (excluding diaryl/α,β-unsaturated/α-hetero) is 1. The van der Waals surface area contributed by atoms with Gasteiger partial charge in [0, 0.05) is 0 Å². The fourth-order valence-corrected chi connectivity index (χ4v) is 6.82. The van der Waals surface area contributed by atoms with Gasteiger partial charge in [-0.25, -0.2) is 0 Å². The van der Waals surface area contributed by atoms with E-state index in [1.165, 1.54) is 4.46 Å². The van der Waals surface area contributed by atoms with Crippen LogP contribution in [0.25, 0.3) is 0 Å². The van der Waals surface area contributed by atoms with Crippen LogP contribution in [0.4, 0.5) is 0 Å². The van der Waals surface area contributed by atoms with Gasteiger partial charge < -0.3 is 0 Å². The number of rotatable bonds is 5. The van der Waals surface area contributed by atoms with Crippen molar-refractivity contribution in [2.45, 2.75) is 29.6 Å². The summed E-state index contributed by atoms with van der Waals surface area (Å²) in [5.74, 6) is 0.328. The van der Waals surface area contributed by atoms with Crippen molar-refractivity contribution < 1.29 is 4.79 Å². The van der Waals surface area contributed by atoms with E-state index < -0.39 is 5.54 Å². The standard InChI is InChI=1S/C22H24N2OSe/c1-24(2)22(16-23,17-10-5-3-6-11-17)19-14-9-15-20(25)21(19)26-18-12-7-4-8-13-18/h3-8,10-13,19,21H,9,14-15H2,1-2H3/t19-,21-,22?/m0/s1. The molecule has 0 aromatic heterocycles. The zero-order valence-corrected chi connectivity index (χ0v) is 17.0. The van der Waals surface area contributed by atoms with Gasteiger partial charge in [-0.15, -0.1) is 0 Å². The Morgan fingerprint density at radius 2 is 1.69 bits per heavy atom. The predicted octanol–water partition coefficient (Wildman–Crippen LogP) is 3.15. The van der Waals surface area contributed by atoms with Gasteiger partial charge in [0.15, 0.2) is 0 Å². The average Bonchev–Trinajstić information content (AvgIpc) is 2.67. The van der Waals surface area contributed by atoms with E-state index in [1.807, 2.05) is 67.5 Å². The van der Waals surface area contributed by atoms with Crippen molar-refractivity contribution in [3.05, 3.63) is 66.2 Å². The molecule has 2 aromatic rings. The van der Waals surface area contributed by atoms with Crippen LogP contribution < -0.4 is 4.46 Å². The summed E-state index contributed by atoms with van der Waals surface area (Å²) in [6.07, 6.45) is 2.42. The van der Waals surface area contributed by atoms with Gasteiger partial charge in [0.05, 0.1) is 0 Å². The Bertz CT molecular complexity index is 785. The molecule has 3 rings (SSSR count). The van der Waals surface area contributed by atoms with Crippen molar-refractivity contribution in [2.75, 3.05) is 14.1 Å². The summed E-state index contributed by atoms with van der Waals surface area (Å²) in [7, 11) is 3.92. The second-order valence-electron chi connectivity index (χ2n) is 6.96. The minimum atomic E-state index is -0.779. The van der Waals surface area contributed by atoms with E-state index in [4.69, 9.17) is 0 Å². The van der Waals surface area contributed by atoms with E-state index in [-0.39, 0.29) is 25.7 Å². The molecule has 3 atom stereocenters. The molecule has 1 saturated carbocycles. The fraction of sp³-hybridized carbons (Fsp3) is 0.364. The van der Waals surface area contributed by atoms with Gasteiger partial charge in [-0.1, -0.05) is 0 Å². The summed E-state index contributed by atoms with van der Waals surface area (Å²) in [5, 5.41) is 10.3. The van der Waals surface area contributed by atoms with Gasteiger partial charge in [-0.05, 0) is 0 Å². The van der Waals surface area contributed by atoms with Gasteiger partial charge in [0.2, 0.25) is 0 Å². The molecule has 0 N–H and O–H groups in total. The number of benzene rings is 2. The number of nitriles is 1. The molecule has 1 aliphatic rings. The van der Waals surface area contributed by atoms with Gasteiger partial charge >= 0.3 is 162 Å². The number of ketones is 1. The molecular weight excluding hydrogens is 387 g/mol. The van der Waals surface area contributed by atoms with Gasteiger partial charge in [-0.3, -0.25) is 0 Å². The zero-order chi connectivity index (χ0) is 18.6. The van der Waals surface area contributed by atoms with E-state index in [9.17, 15) is 10.1 Å². The molecule has 1 unspecified atom stereocenters. The molecule has 1 aliphatic carbocycles. The van der Waals surface area contributed by atoms with Gasteiger partial charge in [0.25, 0.3) is 0 Å². The molecule has 0 aliphatic heterocycles. The van der Waals surface area contributed by atoms with Crippen molar-refractivity contribution in [1.82, 2.24) is 4.90 Å². The van der Waals surface area contributed by atoms with Crippen LogP contribution in [0.1, 0.15) is 24.8 Å². The summed E-state index contributed by atoms with van der Waals surface area (Å²) < 4.78 is 1.23. The minimum absolute atomic E-state index is 0.00589. The van der Waals surface area contributed by atoms with Crippen molar-refractivity contribution in [3.63, 3.8) is 0 Å². The zero-order valence-electron chi connectivity index (χ0n) is 15.3. The normalized spacial score (nSPS) is 22.6. The summed E-state index contributed by atoms with van der Waals surface area (Å²) in [5.41, 5.74) is 0.208.